The highest BCUT2D eigenvalue weighted by molar-refractivity contribution is 8.77. The minimum Gasteiger partial charge on any atom is -0.494 e. The second-order valence-electron chi connectivity index (χ2n) is 18.1. The molecule has 0 spiro atoms. The van der Waals surface area contributed by atoms with Crippen LogP contribution in [0.3, 0.4) is 0 Å². The lowest BCUT2D eigenvalue weighted by molar-refractivity contribution is -0.142. The van der Waals surface area contributed by atoms with Crippen LogP contribution in [-0.4, -0.2) is 217 Å². The molecule has 0 saturated heterocycles. The number of benzene rings is 1. The number of carbonyl (C=O) groups is 3. The number of esters is 1. The summed E-state index contributed by atoms with van der Waals surface area (Å²) < 4.78 is 71.6. The second kappa shape index (κ2) is 43.4. The number of amides is 1. The van der Waals surface area contributed by atoms with Crippen LogP contribution in [0.15, 0.2) is 35.4 Å². The van der Waals surface area contributed by atoms with Crippen molar-refractivity contribution in [3.63, 3.8) is 0 Å². The number of hydrogen-bond acceptors (Lipinski definition) is 21. The summed E-state index contributed by atoms with van der Waals surface area (Å²) in [4.78, 5) is 43.3. The quantitative estimate of drug-likeness (QED) is 0.0269. The summed E-state index contributed by atoms with van der Waals surface area (Å²) >= 11 is 0. The minimum absolute atomic E-state index is 0.0433. The SMILES string of the molecule is CCC(=O)OC/C(C=O)=C(C)/C=C1/c2nc3ccc(OCCCSSC(C)(C)CNC(=O)CCOCCOCCOCCOCCOCCOCCOCCOCCOCCOCCOCCN)cc3c(CC)c2CN1C. The van der Waals surface area contributed by atoms with E-state index < -0.39 is 0 Å². The average Bonchev–Trinajstić information content (AvgIpc) is 3.79. The lowest BCUT2D eigenvalue weighted by Crippen LogP contribution is -2.36. The highest BCUT2D eigenvalue weighted by Crippen LogP contribution is 2.38. The molecule has 3 N–H and O–H groups in total. The number of nitrogens with two attached hydrogens (primary N) is 1. The number of hydrogen-bond donors (Lipinski definition) is 2. The topological polar surface area (TPSA) is 225 Å². The van der Waals surface area contributed by atoms with Gasteiger partial charge in [-0.25, -0.2) is 4.98 Å². The van der Waals surface area contributed by atoms with Crippen molar-refractivity contribution in [2.24, 2.45) is 5.73 Å². The molecular formula is C55H90N4O16S2. The third-order valence-electron chi connectivity index (χ3n) is 11.3. The monoisotopic (exact) mass is 1130 g/mol. The van der Waals surface area contributed by atoms with E-state index in [0.717, 1.165) is 58.5 Å². The van der Waals surface area contributed by atoms with Crippen molar-refractivity contribution in [1.29, 1.82) is 0 Å². The lowest BCUT2D eigenvalue weighted by Gasteiger charge is -2.23. The molecule has 0 fully saturated rings. The van der Waals surface area contributed by atoms with Crippen molar-refractivity contribution in [2.75, 3.05) is 184 Å². The molecule has 0 unspecified atom stereocenters. The fourth-order valence-corrected chi connectivity index (χ4v) is 9.70. The van der Waals surface area contributed by atoms with Gasteiger partial charge in [-0.2, -0.15) is 0 Å². The van der Waals surface area contributed by atoms with E-state index in [1.807, 2.05) is 32.2 Å². The lowest BCUT2D eigenvalue weighted by atomic mass is 9.98. The third kappa shape index (κ3) is 30.6. The summed E-state index contributed by atoms with van der Waals surface area (Å²) in [6, 6.07) is 6.06. The average molecular weight is 1130 g/mol. The molecule has 3 rings (SSSR count). The number of carbonyl (C=O) groups excluding carboxylic acids is 3. The molecule has 0 atom stereocenters. The number of fused-ring (bicyclic) bond motifs is 2. The van der Waals surface area contributed by atoms with Gasteiger partial charge in [-0.3, -0.25) is 14.4 Å². The molecule has 2 aromatic rings. The molecule has 1 aromatic carbocycles. The molecule has 1 aliphatic rings. The molecule has 0 bridgehead atoms. The van der Waals surface area contributed by atoms with Gasteiger partial charge in [-0.05, 0) is 69.0 Å². The predicted molar refractivity (Wildman–Crippen MR) is 301 cm³/mol. The molecule has 1 amide bonds. The normalized spacial score (nSPS) is 13.4. The molecule has 22 heteroatoms. The van der Waals surface area contributed by atoms with E-state index in [4.69, 9.17) is 72.3 Å². The summed E-state index contributed by atoms with van der Waals surface area (Å²) in [5, 5.41) is 4.11. The Labute approximate surface area is 465 Å². The maximum atomic E-state index is 12.5. The first kappa shape index (κ1) is 67.8. The van der Waals surface area contributed by atoms with E-state index in [1.165, 1.54) is 11.1 Å². The maximum Gasteiger partial charge on any atom is 0.305 e. The summed E-state index contributed by atoms with van der Waals surface area (Å²) in [6.07, 6.45) is 4.95. The Morgan fingerprint density at radius 2 is 1.22 bits per heavy atom. The van der Waals surface area contributed by atoms with Crippen LogP contribution in [-0.2, 0) is 84.2 Å². The van der Waals surface area contributed by atoms with Crippen molar-refractivity contribution in [1.82, 2.24) is 15.2 Å². The Kier molecular flexibility index (Phi) is 38.2. The summed E-state index contributed by atoms with van der Waals surface area (Å²) in [5.41, 5.74) is 11.6. The molecule has 0 aliphatic carbocycles. The molecular weight excluding hydrogens is 1040 g/mol. The Morgan fingerprint density at radius 3 is 1.69 bits per heavy atom. The van der Waals surface area contributed by atoms with Gasteiger partial charge in [0.25, 0.3) is 0 Å². The fourth-order valence-electron chi connectivity index (χ4n) is 7.19. The molecule has 1 aromatic heterocycles. The highest BCUT2D eigenvalue weighted by Gasteiger charge is 2.27. The molecule has 438 valence electrons. The van der Waals surface area contributed by atoms with Gasteiger partial charge in [-0.15, -0.1) is 0 Å². The number of allylic oxidation sites excluding steroid dienone is 2. The van der Waals surface area contributed by atoms with Crippen molar-refractivity contribution in [3.8, 4) is 5.75 Å². The van der Waals surface area contributed by atoms with Crippen LogP contribution in [0.2, 0.25) is 0 Å². The van der Waals surface area contributed by atoms with Crippen LogP contribution in [0.4, 0.5) is 0 Å². The smallest absolute Gasteiger partial charge is 0.305 e. The minimum atomic E-state index is -0.345. The molecule has 0 saturated carbocycles. The zero-order valence-electron chi connectivity index (χ0n) is 46.8. The van der Waals surface area contributed by atoms with Gasteiger partial charge in [0, 0.05) is 66.5 Å². The predicted octanol–water partition coefficient (Wildman–Crippen LogP) is 5.63. The summed E-state index contributed by atoms with van der Waals surface area (Å²) in [7, 11) is 5.55. The second-order valence-corrected chi connectivity index (χ2v) is 21.2. The van der Waals surface area contributed by atoms with Crippen LogP contribution in [0.25, 0.3) is 16.6 Å². The van der Waals surface area contributed by atoms with Crippen LogP contribution in [0, 0.1) is 0 Å². The highest BCUT2D eigenvalue weighted by atomic mass is 33.1. The number of nitrogens with one attached hydrogen (secondary N) is 1. The molecule has 77 heavy (non-hydrogen) atoms. The van der Waals surface area contributed by atoms with Crippen LogP contribution >= 0.6 is 21.6 Å². The van der Waals surface area contributed by atoms with Crippen molar-refractivity contribution < 1.29 is 76.0 Å². The number of pyridine rings is 1. The van der Waals surface area contributed by atoms with Crippen molar-refractivity contribution in [3.05, 3.63) is 52.2 Å². The van der Waals surface area contributed by atoms with Gasteiger partial charge < -0.3 is 77.5 Å². The number of rotatable bonds is 50. The number of aryl methyl sites for hydroxylation is 1. The molecule has 1 aliphatic heterocycles. The summed E-state index contributed by atoms with van der Waals surface area (Å²) in [6.45, 7) is 22.8. The van der Waals surface area contributed by atoms with E-state index in [9.17, 15) is 14.4 Å². The standard InChI is InChI=1S/C55H90N4O16S2/c1-7-47-48-39-46(10-11-50(48)58-54-49(47)40-59(6)51(54)38-44(3)45(41-60)42-75-53(62)8-2)74-14-9-37-76-77-55(4,5)43-57-52(61)12-15-63-17-19-65-21-23-67-25-27-69-29-31-71-33-35-73-36-34-72-32-30-70-28-26-68-24-22-66-20-18-64-16-13-56/h10-11,38-39,41H,7-9,12-37,40,42-43,56H2,1-6H3,(H,57,61)/b45-44+,51-38-. The Bertz CT molecular complexity index is 2000. The Morgan fingerprint density at radius 1 is 0.727 bits per heavy atom. The van der Waals surface area contributed by atoms with Crippen LogP contribution < -0.4 is 15.8 Å². The van der Waals surface area contributed by atoms with Gasteiger partial charge in [0.05, 0.1) is 169 Å². The van der Waals surface area contributed by atoms with E-state index in [-0.39, 0.29) is 36.1 Å². The zero-order valence-corrected chi connectivity index (χ0v) is 48.5. The van der Waals surface area contributed by atoms with Gasteiger partial charge in [0.2, 0.25) is 5.91 Å². The van der Waals surface area contributed by atoms with Gasteiger partial charge in [0.1, 0.15) is 18.6 Å². The first-order valence-electron chi connectivity index (χ1n) is 27.0. The van der Waals surface area contributed by atoms with Crippen molar-refractivity contribution in [2.45, 2.75) is 71.6 Å². The largest absolute Gasteiger partial charge is 0.494 e. The first-order chi connectivity index (χ1) is 37.5. The number of aldehydes is 1. The van der Waals surface area contributed by atoms with E-state index >= 15 is 0 Å². The number of nitrogens with zero attached hydrogens (tertiary/aromatic N) is 2. The van der Waals surface area contributed by atoms with E-state index in [2.05, 4.69) is 37.1 Å². The first-order valence-corrected chi connectivity index (χ1v) is 29.3. The van der Waals surface area contributed by atoms with Crippen LogP contribution in [0.5, 0.6) is 5.75 Å². The Hall–Kier alpha value is -3.46. The maximum absolute atomic E-state index is 12.5. The van der Waals surface area contributed by atoms with Gasteiger partial charge in [0.15, 0.2) is 0 Å². The van der Waals surface area contributed by atoms with Gasteiger partial charge >= 0.3 is 5.97 Å². The van der Waals surface area contributed by atoms with E-state index in [0.29, 0.717) is 177 Å². The van der Waals surface area contributed by atoms with Crippen LogP contribution in [0.1, 0.15) is 70.7 Å². The Balaban J connectivity index is 1.10. The summed E-state index contributed by atoms with van der Waals surface area (Å²) in [5.74, 6) is 1.32. The van der Waals surface area contributed by atoms with E-state index in [1.54, 1.807) is 28.5 Å². The zero-order chi connectivity index (χ0) is 55.6. The number of aromatic nitrogens is 1. The number of ether oxygens (including phenoxy) is 13. The molecule has 20 nitrogen and oxygen atoms in total. The third-order valence-corrected chi connectivity index (χ3v) is 14.7. The van der Waals surface area contributed by atoms with Crippen molar-refractivity contribution >= 4 is 56.4 Å². The van der Waals surface area contributed by atoms with Gasteiger partial charge in [-0.1, -0.05) is 35.4 Å². The molecule has 0 radical (unpaired) electrons. The molecule has 2 heterocycles. The fraction of sp³-hybridized carbons (Fsp3) is 0.709.